The van der Waals surface area contributed by atoms with E-state index in [2.05, 4.69) is 0 Å². The van der Waals surface area contributed by atoms with Crippen molar-refractivity contribution in [1.82, 2.24) is 0 Å². The molecule has 0 saturated carbocycles. The summed E-state index contributed by atoms with van der Waals surface area (Å²) in [6.45, 7) is 5.41. The normalized spacial score (nSPS) is 17.2. The van der Waals surface area contributed by atoms with Gasteiger partial charge in [0.25, 0.3) is 0 Å². The Balaban J connectivity index is 2.32. The van der Waals surface area contributed by atoms with E-state index in [0.29, 0.717) is 5.02 Å². The molecule has 1 aliphatic heterocycles. The second-order valence-corrected chi connectivity index (χ2v) is 7.59. The van der Waals surface area contributed by atoms with Crippen molar-refractivity contribution in [3.05, 3.63) is 50.9 Å². The van der Waals surface area contributed by atoms with E-state index in [1.807, 2.05) is 26.0 Å². The van der Waals surface area contributed by atoms with Crippen LogP contribution < -0.4 is 4.90 Å². The molecule has 0 fully saturated rings. The van der Waals surface area contributed by atoms with Crippen LogP contribution in [0, 0.1) is 24.7 Å². The Morgan fingerprint density at radius 3 is 2.52 bits per heavy atom. The molecule has 0 unspecified atom stereocenters. The van der Waals surface area contributed by atoms with Gasteiger partial charge in [0.2, 0.25) is 0 Å². The first-order valence-corrected chi connectivity index (χ1v) is 9.03. The zero-order valence-corrected chi connectivity index (χ0v) is 15.8. The molecule has 0 spiro atoms. The minimum absolute atomic E-state index is 0.112. The van der Waals surface area contributed by atoms with Crippen molar-refractivity contribution in [2.75, 3.05) is 11.5 Å². The molecule has 2 heterocycles. The lowest BCUT2D eigenvalue weighted by Crippen LogP contribution is -2.41. The second-order valence-electron chi connectivity index (χ2n) is 5.95. The summed E-state index contributed by atoms with van der Waals surface area (Å²) in [7, 11) is 0. The van der Waals surface area contributed by atoms with Crippen LogP contribution in [0.1, 0.15) is 28.5 Å². The van der Waals surface area contributed by atoms with Crippen LogP contribution in [0.4, 0.5) is 5.00 Å². The number of aliphatic imine (C=N–C) groups is 1. The third-order valence-electron chi connectivity index (χ3n) is 4.27. The van der Waals surface area contributed by atoms with Crippen LogP contribution in [-0.2, 0) is 0 Å². The van der Waals surface area contributed by atoms with Gasteiger partial charge in [-0.3, -0.25) is 20.7 Å². The van der Waals surface area contributed by atoms with Gasteiger partial charge in [0.15, 0.2) is 0 Å². The van der Waals surface area contributed by atoms with Crippen LogP contribution in [0.2, 0.25) is 5.02 Å². The summed E-state index contributed by atoms with van der Waals surface area (Å²) >= 11 is 7.55. The number of aliphatic hydroxyl groups is 1. The molecule has 2 aromatic rings. The largest absolute Gasteiger partial charge is 0.394 e. The Bertz CT molecular complexity index is 885. The number of nitrogens with one attached hydrogen (secondary N) is 2. The van der Waals surface area contributed by atoms with Crippen molar-refractivity contribution in [1.29, 1.82) is 10.8 Å². The molecule has 3 N–H and O–H groups in total. The summed E-state index contributed by atoms with van der Waals surface area (Å²) in [5.74, 6) is 0.347. The molecule has 7 heteroatoms. The van der Waals surface area contributed by atoms with Crippen molar-refractivity contribution in [2.24, 2.45) is 4.99 Å². The minimum atomic E-state index is -0.717. The standard InChI is InChI=1S/C18H19ClN4OS/c1-9-10(2)25-18-15(9)16(12-4-6-13(19)7-5-12)22-14(8-24)17(21)23(18)11(3)20/h4-7,14,20-21,24H,8H2,1-3H3/t14-/m0/s1. The Labute approximate surface area is 155 Å². The first kappa shape index (κ1) is 17.8. The van der Waals surface area contributed by atoms with Crippen LogP contribution >= 0.6 is 22.9 Å². The lowest BCUT2D eigenvalue weighted by Gasteiger charge is -2.24. The number of nitrogens with zero attached hydrogens (tertiary/aromatic N) is 2. The lowest BCUT2D eigenvalue weighted by molar-refractivity contribution is 0.290. The molecule has 1 aromatic heterocycles. The summed E-state index contributed by atoms with van der Waals surface area (Å²) in [6.07, 6.45) is 0. The van der Waals surface area contributed by atoms with Crippen LogP contribution in [0.5, 0.6) is 0 Å². The SMILES string of the molecule is CC(=N)N1C(=N)[C@H](CO)N=C(c2ccc(Cl)cc2)c2c1sc(C)c2C. The van der Waals surface area contributed by atoms with E-state index in [-0.39, 0.29) is 18.3 Å². The fourth-order valence-corrected chi connectivity index (χ4v) is 4.22. The van der Waals surface area contributed by atoms with Crippen molar-refractivity contribution in [2.45, 2.75) is 26.8 Å². The van der Waals surface area contributed by atoms with Gasteiger partial charge < -0.3 is 5.11 Å². The number of hydrogen-bond donors (Lipinski definition) is 3. The van der Waals surface area contributed by atoms with Gasteiger partial charge >= 0.3 is 0 Å². The molecule has 0 aliphatic carbocycles. The molecular formula is C18H19ClN4OS. The Morgan fingerprint density at radius 1 is 1.32 bits per heavy atom. The van der Waals surface area contributed by atoms with Crippen molar-refractivity contribution in [3.63, 3.8) is 0 Å². The topological polar surface area (TPSA) is 83.5 Å². The molecule has 130 valence electrons. The molecule has 1 aromatic carbocycles. The van der Waals surface area contributed by atoms with Gasteiger partial charge in [0.1, 0.15) is 22.7 Å². The summed E-state index contributed by atoms with van der Waals surface area (Å²) in [4.78, 5) is 7.39. The van der Waals surface area contributed by atoms with Gasteiger partial charge in [-0.2, -0.15) is 0 Å². The number of aliphatic hydroxyl groups excluding tert-OH is 1. The molecule has 25 heavy (non-hydrogen) atoms. The number of aryl methyl sites for hydroxylation is 1. The molecule has 0 radical (unpaired) electrons. The highest BCUT2D eigenvalue weighted by Gasteiger charge is 2.33. The maximum atomic E-state index is 9.77. The molecule has 0 saturated heterocycles. The van der Waals surface area contributed by atoms with Gasteiger partial charge in [-0.1, -0.05) is 23.7 Å². The van der Waals surface area contributed by atoms with Gasteiger partial charge in [-0.15, -0.1) is 11.3 Å². The number of rotatable bonds is 2. The van der Waals surface area contributed by atoms with Crippen LogP contribution in [-0.4, -0.2) is 35.1 Å². The second kappa shape index (κ2) is 6.71. The third-order valence-corrected chi connectivity index (χ3v) is 5.72. The number of hydrogen-bond acceptors (Lipinski definition) is 5. The quantitative estimate of drug-likeness (QED) is 0.548. The van der Waals surface area contributed by atoms with Crippen LogP contribution in [0.15, 0.2) is 29.3 Å². The molecule has 1 aliphatic rings. The number of thiophene rings is 1. The number of benzene rings is 1. The predicted octanol–water partition coefficient (Wildman–Crippen LogP) is 4.01. The average Bonchev–Trinajstić information content (AvgIpc) is 2.77. The number of fused-ring (bicyclic) bond motifs is 1. The first-order chi connectivity index (χ1) is 11.8. The first-order valence-electron chi connectivity index (χ1n) is 7.83. The molecule has 5 nitrogen and oxygen atoms in total. The molecule has 3 rings (SSSR count). The number of amidine groups is 2. The average molecular weight is 375 g/mol. The summed E-state index contributed by atoms with van der Waals surface area (Å²) in [6, 6.07) is 6.67. The number of anilines is 1. The van der Waals surface area contributed by atoms with Crippen molar-refractivity contribution < 1.29 is 5.11 Å². The van der Waals surface area contributed by atoms with E-state index in [9.17, 15) is 5.11 Å². The molecule has 1 atom stereocenters. The Morgan fingerprint density at radius 2 is 1.96 bits per heavy atom. The highest BCUT2D eigenvalue weighted by Crippen LogP contribution is 2.39. The van der Waals surface area contributed by atoms with E-state index >= 15 is 0 Å². The molecule has 0 amide bonds. The van der Waals surface area contributed by atoms with Crippen molar-refractivity contribution in [3.8, 4) is 0 Å². The van der Waals surface area contributed by atoms with E-state index < -0.39 is 6.04 Å². The molecular weight excluding hydrogens is 356 g/mol. The van der Waals surface area contributed by atoms with E-state index in [0.717, 1.165) is 32.3 Å². The minimum Gasteiger partial charge on any atom is -0.394 e. The fraction of sp³-hybridized carbons (Fsp3) is 0.278. The predicted molar refractivity (Wildman–Crippen MR) is 105 cm³/mol. The van der Waals surface area contributed by atoms with Crippen molar-refractivity contribution >= 4 is 45.3 Å². The highest BCUT2D eigenvalue weighted by atomic mass is 35.5. The van der Waals surface area contributed by atoms with Gasteiger partial charge in [0.05, 0.1) is 12.3 Å². The van der Waals surface area contributed by atoms with E-state index in [1.165, 1.54) is 0 Å². The summed E-state index contributed by atoms with van der Waals surface area (Å²) in [5.41, 5.74) is 3.59. The summed E-state index contributed by atoms with van der Waals surface area (Å²) in [5, 5.41) is 27.8. The van der Waals surface area contributed by atoms with E-state index in [1.54, 1.807) is 35.3 Å². The number of halogens is 1. The Hall–Kier alpha value is -2.02. The zero-order chi connectivity index (χ0) is 18.3. The van der Waals surface area contributed by atoms with Gasteiger partial charge in [0, 0.05) is 21.0 Å². The monoisotopic (exact) mass is 374 g/mol. The maximum absolute atomic E-state index is 9.77. The van der Waals surface area contributed by atoms with E-state index in [4.69, 9.17) is 27.4 Å². The van der Waals surface area contributed by atoms with Crippen LogP contribution in [0.25, 0.3) is 0 Å². The fourth-order valence-electron chi connectivity index (χ4n) is 2.87. The van der Waals surface area contributed by atoms with Crippen LogP contribution in [0.3, 0.4) is 0 Å². The maximum Gasteiger partial charge on any atom is 0.134 e. The van der Waals surface area contributed by atoms with Gasteiger partial charge in [-0.05, 0) is 38.5 Å². The lowest BCUT2D eigenvalue weighted by atomic mass is 10.00. The summed E-state index contributed by atoms with van der Waals surface area (Å²) < 4.78 is 0. The third kappa shape index (κ3) is 3.01. The Kier molecular flexibility index (Phi) is 4.77. The molecule has 0 bridgehead atoms. The smallest absolute Gasteiger partial charge is 0.134 e. The zero-order valence-electron chi connectivity index (χ0n) is 14.2. The highest BCUT2D eigenvalue weighted by molar-refractivity contribution is 7.17. The van der Waals surface area contributed by atoms with Gasteiger partial charge in [-0.25, -0.2) is 0 Å².